The highest BCUT2D eigenvalue weighted by Gasteiger charge is 2.31. The van der Waals surface area contributed by atoms with Gasteiger partial charge in [-0.15, -0.1) is 0 Å². The molecule has 0 spiro atoms. The van der Waals surface area contributed by atoms with E-state index >= 15 is 0 Å². The van der Waals surface area contributed by atoms with Gasteiger partial charge in [0.15, 0.2) is 22.6 Å². The van der Waals surface area contributed by atoms with Gasteiger partial charge in [0.1, 0.15) is 0 Å². The number of hydrogen-bond acceptors (Lipinski definition) is 5. The molecule has 0 heterocycles. The highest BCUT2D eigenvalue weighted by Crippen LogP contribution is 2.40. The van der Waals surface area contributed by atoms with Gasteiger partial charge in [-0.3, -0.25) is 9.59 Å². The maximum Gasteiger partial charge on any atom is 0.286 e. The van der Waals surface area contributed by atoms with Crippen LogP contribution in [0.4, 0.5) is 0 Å². The highest BCUT2D eigenvalue weighted by molar-refractivity contribution is 7.79. The van der Waals surface area contributed by atoms with Crippen LogP contribution in [0, 0.1) is 0 Å². The summed E-state index contributed by atoms with van der Waals surface area (Å²) >= 11 is -2.47. The Bertz CT molecular complexity index is 1710. The van der Waals surface area contributed by atoms with Crippen molar-refractivity contribution in [2.75, 3.05) is 13.1 Å². The third-order valence-electron chi connectivity index (χ3n) is 11.8. The van der Waals surface area contributed by atoms with Gasteiger partial charge in [-0.2, -0.15) is 10.1 Å². The second-order valence-corrected chi connectivity index (χ2v) is 18.3. The Kier molecular flexibility index (Phi) is 15.4. The van der Waals surface area contributed by atoms with Crippen LogP contribution < -0.4 is 9.68 Å². The van der Waals surface area contributed by atoms with E-state index in [0.29, 0.717) is 24.3 Å². The second-order valence-electron chi connectivity index (χ2n) is 17.4. The summed E-state index contributed by atoms with van der Waals surface area (Å²) in [6.45, 7) is 30.6. The van der Waals surface area contributed by atoms with E-state index in [4.69, 9.17) is 9.68 Å². The lowest BCUT2D eigenvalue weighted by Gasteiger charge is -2.32. The average molecular weight is 777 g/mol. The predicted molar refractivity (Wildman–Crippen MR) is 226 cm³/mol. The summed E-state index contributed by atoms with van der Waals surface area (Å²) in [5, 5.41) is 2.59. The Labute approximate surface area is 334 Å². The third-order valence-corrected chi connectivity index (χ3v) is 12.5. The Morgan fingerprint density at radius 1 is 0.564 bits per heavy atom. The van der Waals surface area contributed by atoms with Crippen LogP contribution in [0.25, 0.3) is 0 Å². The minimum Gasteiger partial charge on any atom is -0.376 e. The van der Waals surface area contributed by atoms with Gasteiger partial charge in [-0.25, -0.2) is 4.21 Å². The molecular weight excluding hydrogens is 709 g/mol. The molecule has 1 unspecified atom stereocenters. The largest absolute Gasteiger partial charge is 0.376 e. The summed E-state index contributed by atoms with van der Waals surface area (Å²) in [7, 11) is 0. The summed E-state index contributed by atoms with van der Waals surface area (Å²) in [4.78, 5) is 41.6. The van der Waals surface area contributed by atoms with Crippen LogP contribution in [0.3, 0.4) is 0 Å². The Balaban J connectivity index is 2.12. The Morgan fingerprint density at radius 3 is 1.20 bits per heavy atom. The van der Waals surface area contributed by atoms with Crippen LogP contribution in [-0.2, 0) is 32.7 Å². The van der Waals surface area contributed by atoms with Crippen molar-refractivity contribution in [1.29, 1.82) is 0 Å². The standard InChI is InChI=1S/C46H68N2O6S/c1-15-25-47(53-39-23-21-34(43(7,8)17-3)30-37(39)45(11,12)19-5)41(49)32-27-33(29-36(28-32)55(51)52)42(50)48(26-16-2)54-40-24-22-35(44(9,10)18-4)31-38(40)46(13,14)20-6/h21-24,27-31H,15-20,25-26H2,1-14H3,(H,51,52). The van der Waals surface area contributed by atoms with E-state index in [2.05, 4.69) is 107 Å². The van der Waals surface area contributed by atoms with Crippen molar-refractivity contribution in [3.8, 4) is 11.5 Å². The average Bonchev–Trinajstić information content (AvgIpc) is 3.16. The monoisotopic (exact) mass is 776 g/mol. The van der Waals surface area contributed by atoms with Crippen molar-refractivity contribution >= 4 is 22.9 Å². The number of carbonyl (C=O) groups excluding carboxylic acids is 2. The van der Waals surface area contributed by atoms with Gasteiger partial charge >= 0.3 is 0 Å². The highest BCUT2D eigenvalue weighted by atomic mass is 32.2. The first-order valence-corrected chi connectivity index (χ1v) is 21.3. The topological polar surface area (TPSA) is 96.4 Å². The second kappa shape index (κ2) is 18.5. The quantitative estimate of drug-likeness (QED) is 0.0962. The molecule has 0 aromatic heterocycles. The smallest absolute Gasteiger partial charge is 0.286 e. The van der Waals surface area contributed by atoms with Gasteiger partial charge in [0.2, 0.25) is 0 Å². The Morgan fingerprint density at radius 2 is 0.909 bits per heavy atom. The number of hydrogen-bond donors (Lipinski definition) is 1. The number of carbonyl (C=O) groups is 2. The predicted octanol–water partition coefficient (Wildman–Crippen LogP) is 11.7. The van der Waals surface area contributed by atoms with Crippen LogP contribution in [0.5, 0.6) is 11.5 Å². The number of amides is 2. The molecule has 0 fully saturated rings. The van der Waals surface area contributed by atoms with Gasteiger partial charge in [0.25, 0.3) is 11.8 Å². The van der Waals surface area contributed by atoms with Crippen LogP contribution in [0.2, 0.25) is 0 Å². The zero-order chi connectivity index (χ0) is 41.5. The van der Waals surface area contributed by atoms with Gasteiger partial charge in [0, 0.05) is 22.3 Å². The van der Waals surface area contributed by atoms with Crippen molar-refractivity contribution in [3.63, 3.8) is 0 Å². The molecule has 3 aromatic carbocycles. The zero-order valence-corrected chi connectivity index (χ0v) is 37.0. The SMILES string of the molecule is CCCN(Oc1ccc(C(C)(C)CC)cc1C(C)(C)CC)C(=O)c1cc(C(=O)N(CCC)Oc2ccc(C(C)(C)CC)cc2C(C)(C)CC)cc(S(=O)O)c1. The molecular formula is C46H68N2O6S. The zero-order valence-electron chi connectivity index (χ0n) is 36.1. The fraction of sp³-hybridized carbons (Fsp3) is 0.565. The number of nitrogens with zero attached hydrogens (tertiary/aromatic N) is 2. The lowest BCUT2D eigenvalue weighted by Crippen LogP contribution is -2.37. The minimum atomic E-state index is -2.47. The first-order chi connectivity index (χ1) is 25.6. The van der Waals surface area contributed by atoms with Crippen molar-refractivity contribution in [2.24, 2.45) is 0 Å². The van der Waals surface area contributed by atoms with E-state index in [1.165, 1.54) is 39.5 Å². The number of benzene rings is 3. The van der Waals surface area contributed by atoms with E-state index in [0.717, 1.165) is 36.8 Å². The molecule has 0 bridgehead atoms. The van der Waals surface area contributed by atoms with E-state index in [1.807, 2.05) is 26.0 Å². The summed E-state index contributed by atoms with van der Waals surface area (Å²) in [5.41, 5.74) is 3.92. The van der Waals surface area contributed by atoms with Gasteiger partial charge in [-0.05, 0) is 102 Å². The summed E-state index contributed by atoms with van der Waals surface area (Å²) in [5.74, 6) is 0.101. The molecule has 0 radical (unpaired) electrons. The molecule has 1 N–H and O–H groups in total. The molecule has 9 heteroatoms. The number of hydroxylamine groups is 4. The fourth-order valence-corrected chi connectivity index (χ4v) is 6.62. The maximum atomic E-state index is 14.4. The van der Waals surface area contributed by atoms with Crippen LogP contribution in [0.1, 0.15) is 178 Å². The minimum absolute atomic E-state index is 0.0437. The van der Waals surface area contributed by atoms with Crippen molar-refractivity contribution in [2.45, 2.75) is 162 Å². The Hall–Kier alpha value is -3.69. The molecule has 2 amide bonds. The van der Waals surface area contributed by atoms with Crippen molar-refractivity contribution in [3.05, 3.63) is 88.0 Å². The van der Waals surface area contributed by atoms with Gasteiger partial charge in [0.05, 0.1) is 18.0 Å². The van der Waals surface area contributed by atoms with E-state index in [9.17, 15) is 18.4 Å². The third kappa shape index (κ3) is 10.8. The molecule has 0 aliphatic rings. The van der Waals surface area contributed by atoms with Crippen molar-refractivity contribution < 1.29 is 28.0 Å². The summed E-state index contributed by atoms with van der Waals surface area (Å²) in [6, 6.07) is 16.5. The molecule has 8 nitrogen and oxygen atoms in total. The van der Waals surface area contributed by atoms with Crippen LogP contribution in [-0.4, -0.2) is 43.8 Å². The first kappa shape index (κ1) is 45.7. The molecule has 3 aromatic rings. The van der Waals surface area contributed by atoms with Crippen LogP contribution >= 0.6 is 0 Å². The molecule has 0 saturated heterocycles. The molecule has 0 aliphatic heterocycles. The summed E-state index contributed by atoms with van der Waals surface area (Å²) < 4.78 is 22.9. The molecule has 0 saturated carbocycles. The fourth-order valence-electron chi connectivity index (χ4n) is 6.16. The maximum absolute atomic E-state index is 14.4. The summed E-state index contributed by atoms with van der Waals surface area (Å²) in [6.07, 6.45) is 4.83. The first-order valence-electron chi connectivity index (χ1n) is 20.2. The molecule has 1 atom stereocenters. The molecule has 304 valence electrons. The van der Waals surface area contributed by atoms with Crippen LogP contribution in [0.15, 0.2) is 59.5 Å². The van der Waals surface area contributed by atoms with E-state index < -0.39 is 22.9 Å². The van der Waals surface area contributed by atoms with E-state index in [-0.39, 0.29) is 50.8 Å². The lowest BCUT2D eigenvalue weighted by molar-refractivity contribution is -0.0349. The number of rotatable bonds is 19. The van der Waals surface area contributed by atoms with E-state index in [1.54, 1.807) is 0 Å². The van der Waals surface area contributed by atoms with Gasteiger partial charge in [-0.1, -0.05) is 121 Å². The van der Waals surface area contributed by atoms with Gasteiger partial charge < -0.3 is 14.2 Å². The van der Waals surface area contributed by atoms with Crippen molar-refractivity contribution in [1.82, 2.24) is 10.1 Å². The molecule has 3 rings (SSSR count). The molecule has 0 aliphatic carbocycles. The normalized spacial score (nSPS) is 13.0. The lowest BCUT2D eigenvalue weighted by atomic mass is 9.76. The molecule has 55 heavy (non-hydrogen) atoms.